The van der Waals surface area contributed by atoms with Crippen LogP contribution in [0.2, 0.25) is 0 Å². The molecule has 2 heteroatoms. The van der Waals surface area contributed by atoms with Crippen molar-refractivity contribution in [1.29, 1.82) is 0 Å². The highest BCUT2D eigenvalue weighted by molar-refractivity contribution is 4.70. The van der Waals surface area contributed by atoms with E-state index in [-0.39, 0.29) is 0 Å². The zero-order chi connectivity index (χ0) is 9.52. The fraction of sp³-hybridized carbons (Fsp3) is 1.00. The van der Waals surface area contributed by atoms with E-state index in [0.717, 1.165) is 25.9 Å². The van der Waals surface area contributed by atoms with Gasteiger partial charge in [0.2, 0.25) is 0 Å². The minimum Gasteiger partial charge on any atom is -0.785 e. The van der Waals surface area contributed by atoms with E-state index < -0.39 is 0 Å². The number of hydrogen-bond acceptors (Lipinski definition) is 2. The van der Waals surface area contributed by atoms with Crippen molar-refractivity contribution >= 4 is 0 Å². The molecule has 0 radical (unpaired) electrons. The summed E-state index contributed by atoms with van der Waals surface area (Å²) in [6, 6.07) is 0. The summed E-state index contributed by atoms with van der Waals surface area (Å²) in [4.78, 5) is 0. The zero-order valence-electron chi connectivity index (χ0n) is 8.80. The van der Waals surface area contributed by atoms with Crippen LogP contribution in [0.5, 0.6) is 0 Å². The van der Waals surface area contributed by atoms with Gasteiger partial charge in [0.1, 0.15) is 0 Å². The lowest BCUT2D eigenvalue weighted by atomic mass is 9.89. The Bertz CT molecular complexity index is 121. The highest BCUT2D eigenvalue weighted by Crippen LogP contribution is 2.24. The third-order valence-electron chi connectivity index (χ3n) is 2.95. The average molecular weight is 184 g/mol. The van der Waals surface area contributed by atoms with Gasteiger partial charge in [-0.25, -0.2) is 0 Å². The molecule has 0 aromatic rings. The van der Waals surface area contributed by atoms with Gasteiger partial charge in [-0.3, -0.25) is 0 Å². The van der Waals surface area contributed by atoms with Crippen molar-refractivity contribution in [2.24, 2.45) is 5.92 Å². The fourth-order valence-electron chi connectivity index (χ4n) is 2.08. The standard InChI is InChI=1S/C11H22NO/c1-2-3-9-12(13)10-11-7-5-4-6-8-11/h11H,2-10H2,1H3/q-1. The molecule has 0 saturated heterocycles. The third kappa shape index (κ3) is 4.63. The second kappa shape index (κ2) is 6.39. The molecule has 2 nitrogen and oxygen atoms in total. The Kier molecular flexibility index (Phi) is 5.40. The van der Waals surface area contributed by atoms with Crippen LogP contribution in [-0.2, 0) is 0 Å². The molecular formula is C11H22NO-. The molecule has 0 unspecified atom stereocenters. The highest BCUT2D eigenvalue weighted by Gasteiger charge is 2.12. The van der Waals surface area contributed by atoms with Crippen LogP contribution in [0.15, 0.2) is 0 Å². The Balaban J connectivity index is 2.07. The van der Waals surface area contributed by atoms with E-state index in [1.165, 1.54) is 37.2 Å². The zero-order valence-corrected chi connectivity index (χ0v) is 8.80. The minimum atomic E-state index is 0.697. The molecule has 1 saturated carbocycles. The second-order valence-electron chi connectivity index (χ2n) is 4.25. The topological polar surface area (TPSA) is 26.3 Å². The van der Waals surface area contributed by atoms with Crippen molar-refractivity contribution in [1.82, 2.24) is 5.06 Å². The molecule has 1 rings (SSSR count). The number of rotatable bonds is 5. The van der Waals surface area contributed by atoms with E-state index in [1.807, 2.05) is 0 Å². The minimum absolute atomic E-state index is 0.697. The lowest BCUT2D eigenvalue weighted by molar-refractivity contribution is 0.253. The molecule has 0 aromatic heterocycles. The molecule has 1 aliphatic rings. The predicted octanol–water partition coefficient (Wildman–Crippen LogP) is 3.17. The van der Waals surface area contributed by atoms with E-state index in [0.29, 0.717) is 5.92 Å². The molecule has 1 fully saturated rings. The lowest BCUT2D eigenvalue weighted by Crippen LogP contribution is -2.26. The summed E-state index contributed by atoms with van der Waals surface area (Å²) in [5.74, 6) is 0.697. The average Bonchev–Trinajstić information content (AvgIpc) is 2.16. The first-order valence-corrected chi connectivity index (χ1v) is 5.75. The maximum atomic E-state index is 11.4. The second-order valence-corrected chi connectivity index (χ2v) is 4.25. The van der Waals surface area contributed by atoms with Gasteiger partial charge < -0.3 is 10.3 Å². The Morgan fingerprint density at radius 2 is 1.92 bits per heavy atom. The summed E-state index contributed by atoms with van der Waals surface area (Å²) in [5.41, 5.74) is 0. The van der Waals surface area contributed by atoms with Crippen LogP contribution in [0.25, 0.3) is 0 Å². The third-order valence-corrected chi connectivity index (χ3v) is 2.95. The quantitative estimate of drug-likeness (QED) is 0.613. The van der Waals surface area contributed by atoms with Crippen molar-refractivity contribution < 1.29 is 0 Å². The number of unbranched alkanes of at least 4 members (excludes halogenated alkanes) is 1. The molecule has 13 heavy (non-hydrogen) atoms. The molecule has 1 aliphatic carbocycles. The summed E-state index contributed by atoms with van der Waals surface area (Å²) in [7, 11) is 0. The van der Waals surface area contributed by atoms with Crippen LogP contribution in [0.4, 0.5) is 0 Å². The van der Waals surface area contributed by atoms with Gasteiger partial charge in [0.25, 0.3) is 0 Å². The maximum absolute atomic E-state index is 11.4. The number of hydroxylamine groups is 2. The van der Waals surface area contributed by atoms with Gasteiger partial charge in [0.05, 0.1) is 0 Å². The van der Waals surface area contributed by atoms with Crippen LogP contribution in [0.1, 0.15) is 51.9 Å². The lowest BCUT2D eigenvalue weighted by Gasteiger charge is -2.33. The van der Waals surface area contributed by atoms with E-state index in [1.54, 1.807) is 0 Å². The summed E-state index contributed by atoms with van der Waals surface area (Å²) in [6.07, 6.45) is 8.80. The molecule has 0 spiro atoms. The van der Waals surface area contributed by atoms with E-state index >= 15 is 0 Å². The van der Waals surface area contributed by atoms with Crippen molar-refractivity contribution in [3.63, 3.8) is 0 Å². The Labute approximate surface area is 81.9 Å². The van der Waals surface area contributed by atoms with Gasteiger partial charge in [-0.15, -0.1) is 0 Å². The molecule has 0 heterocycles. The molecule has 0 aromatic carbocycles. The first-order chi connectivity index (χ1) is 6.33. The normalized spacial score (nSPS) is 19.6. The summed E-state index contributed by atoms with van der Waals surface area (Å²) < 4.78 is 0. The van der Waals surface area contributed by atoms with Gasteiger partial charge in [-0.1, -0.05) is 32.6 Å². The highest BCUT2D eigenvalue weighted by atomic mass is 16.5. The largest absolute Gasteiger partial charge is 0.785 e. The molecular weight excluding hydrogens is 162 g/mol. The monoisotopic (exact) mass is 184 g/mol. The predicted molar refractivity (Wildman–Crippen MR) is 56.4 cm³/mol. The SMILES string of the molecule is CCCCN([O-])CC1CCCCC1. The summed E-state index contributed by atoms with van der Waals surface area (Å²) in [5, 5.41) is 12.7. The smallest absolute Gasteiger partial charge is 0.0116 e. The maximum Gasteiger partial charge on any atom is -0.0116 e. The first-order valence-electron chi connectivity index (χ1n) is 5.75. The molecule has 0 bridgehead atoms. The number of nitrogens with zero attached hydrogens (tertiary/aromatic N) is 1. The number of hydrogen-bond donors (Lipinski definition) is 0. The van der Waals surface area contributed by atoms with E-state index in [2.05, 4.69) is 6.92 Å². The van der Waals surface area contributed by atoms with Gasteiger partial charge >= 0.3 is 0 Å². The van der Waals surface area contributed by atoms with Gasteiger partial charge in [-0.05, 0) is 38.3 Å². The van der Waals surface area contributed by atoms with Crippen molar-refractivity contribution in [2.45, 2.75) is 51.9 Å². The van der Waals surface area contributed by atoms with Crippen LogP contribution < -0.4 is 0 Å². The van der Waals surface area contributed by atoms with Gasteiger partial charge in [-0.2, -0.15) is 0 Å². The van der Waals surface area contributed by atoms with Crippen LogP contribution in [0.3, 0.4) is 0 Å². The molecule has 78 valence electrons. The van der Waals surface area contributed by atoms with Crippen molar-refractivity contribution in [3.05, 3.63) is 5.21 Å². The molecule has 0 amide bonds. The Morgan fingerprint density at radius 1 is 1.23 bits per heavy atom. The van der Waals surface area contributed by atoms with Crippen molar-refractivity contribution in [3.8, 4) is 0 Å². The van der Waals surface area contributed by atoms with Crippen LogP contribution in [-0.4, -0.2) is 18.2 Å². The molecule has 0 atom stereocenters. The van der Waals surface area contributed by atoms with E-state index in [9.17, 15) is 5.21 Å². The van der Waals surface area contributed by atoms with Crippen LogP contribution in [0, 0.1) is 11.1 Å². The summed E-state index contributed by atoms with van der Waals surface area (Å²) >= 11 is 0. The Morgan fingerprint density at radius 3 is 2.54 bits per heavy atom. The molecule has 0 aliphatic heterocycles. The van der Waals surface area contributed by atoms with Crippen LogP contribution >= 0.6 is 0 Å². The van der Waals surface area contributed by atoms with Crippen molar-refractivity contribution in [2.75, 3.05) is 13.1 Å². The fourth-order valence-corrected chi connectivity index (χ4v) is 2.08. The van der Waals surface area contributed by atoms with Gasteiger partial charge in [0.15, 0.2) is 0 Å². The van der Waals surface area contributed by atoms with E-state index in [4.69, 9.17) is 0 Å². The Hall–Kier alpha value is -0.0800. The van der Waals surface area contributed by atoms with Gasteiger partial charge in [0, 0.05) is 0 Å². The first kappa shape index (κ1) is 11.0. The summed E-state index contributed by atoms with van der Waals surface area (Å²) in [6.45, 7) is 3.67. The molecule has 0 N–H and O–H groups in total.